The largest absolute Gasteiger partial charge is 0.376 e. The number of likely N-dealkylation sites (tertiary alicyclic amines) is 1. The molecule has 27 heavy (non-hydrogen) atoms. The number of carbonyl (C=O) groups is 2. The second kappa shape index (κ2) is 9.21. The molecule has 0 saturated carbocycles. The number of anilines is 1. The lowest BCUT2D eigenvalue weighted by molar-refractivity contribution is -0.128. The summed E-state index contributed by atoms with van der Waals surface area (Å²) in [6, 6.07) is 17.3. The van der Waals surface area contributed by atoms with Gasteiger partial charge in [-0.2, -0.15) is 0 Å². The lowest BCUT2D eigenvalue weighted by atomic mass is 10.1. The molecule has 2 aromatic carbocycles. The molecular weight excluding hydrogens is 338 g/mol. The summed E-state index contributed by atoms with van der Waals surface area (Å²) in [7, 11) is 1.80. The van der Waals surface area contributed by atoms with Gasteiger partial charge >= 0.3 is 0 Å². The minimum atomic E-state index is 0.0207. The van der Waals surface area contributed by atoms with Crippen molar-refractivity contribution in [2.24, 2.45) is 0 Å². The molecule has 0 unspecified atom stereocenters. The molecule has 0 bridgehead atoms. The van der Waals surface area contributed by atoms with E-state index >= 15 is 0 Å². The van der Waals surface area contributed by atoms with Crippen LogP contribution in [0.3, 0.4) is 0 Å². The lowest BCUT2D eigenvalue weighted by Crippen LogP contribution is -2.35. The van der Waals surface area contributed by atoms with Gasteiger partial charge in [0.2, 0.25) is 5.91 Å². The van der Waals surface area contributed by atoms with E-state index in [4.69, 9.17) is 0 Å². The fourth-order valence-electron chi connectivity index (χ4n) is 3.27. The molecule has 0 atom stereocenters. The van der Waals surface area contributed by atoms with E-state index in [-0.39, 0.29) is 18.4 Å². The smallest absolute Gasteiger partial charge is 0.253 e. The van der Waals surface area contributed by atoms with E-state index in [1.54, 1.807) is 11.9 Å². The molecule has 1 heterocycles. The first-order chi connectivity index (χ1) is 13.1. The predicted molar refractivity (Wildman–Crippen MR) is 108 cm³/mol. The van der Waals surface area contributed by atoms with Crippen molar-refractivity contribution in [1.82, 2.24) is 9.80 Å². The zero-order chi connectivity index (χ0) is 19.1. The van der Waals surface area contributed by atoms with Crippen molar-refractivity contribution < 1.29 is 9.59 Å². The normalized spacial score (nSPS) is 13.9. The van der Waals surface area contributed by atoms with E-state index in [1.165, 1.54) is 6.42 Å². The number of piperidine rings is 1. The minimum absolute atomic E-state index is 0.0207. The Bertz CT molecular complexity index is 753. The van der Waals surface area contributed by atoms with E-state index in [0.29, 0.717) is 12.1 Å². The first-order valence-corrected chi connectivity index (χ1v) is 9.54. The molecule has 3 rings (SSSR count). The van der Waals surface area contributed by atoms with Crippen molar-refractivity contribution in [1.29, 1.82) is 0 Å². The molecule has 0 spiro atoms. The molecule has 0 aliphatic carbocycles. The quantitative estimate of drug-likeness (QED) is 0.854. The number of hydrogen-bond acceptors (Lipinski definition) is 3. The van der Waals surface area contributed by atoms with E-state index < -0.39 is 0 Å². The maximum absolute atomic E-state index is 12.5. The van der Waals surface area contributed by atoms with Crippen molar-refractivity contribution >= 4 is 17.5 Å². The maximum Gasteiger partial charge on any atom is 0.253 e. The van der Waals surface area contributed by atoms with Gasteiger partial charge in [-0.05, 0) is 49.1 Å². The zero-order valence-corrected chi connectivity index (χ0v) is 15.9. The number of carbonyl (C=O) groups excluding carboxylic acids is 2. The topological polar surface area (TPSA) is 52.7 Å². The highest BCUT2D eigenvalue weighted by Gasteiger charge is 2.18. The summed E-state index contributed by atoms with van der Waals surface area (Å²) in [6.07, 6.45) is 3.38. The summed E-state index contributed by atoms with van der Waals surface area (Å²) < 4.78 is 0. The molecule has 2 amide bonds. The van der Waals surface area contributed by atoms with E-state index in [2.05, 4.69) is 5.32 Å². The number of rotatable bonds is 6. The Kier molecular flexibility index (Phi) is 6.47. The third-order valence-corrected chi connectivity index (χ3v) is 4.91. The van der Waals surface area contributed by atoms with Crippen LogP contribution in [0, 0.1) is 0 Å². The van der Waals surface area contributed by atoms with Crippen LogP contribution < -0.4 is 5.32 Å². The molecule has 142 valence electrons. The SMILES string of the molecule is CN(Cc1ccccc1)C(=O)CNc1ccc(C(=O)N2CCCCC2)cc1. The Balaban J connectivity index is 1.49. The molecular formula is C22H27N3O2. The average molecular weight is 365 g/mol. The van der Waals surface area contributed by atoms with Gasteiger partial charge in [0.15, 0.2) is 0 Å². The van der Waals surface area contributed by atoms with Crippen LogP contribution in [0.1, 0.15) is 35.2 Å². The van der Waals surface area contributed by atoms with Crippen molar-refractivity contribution in [2.45, 2.75) is 25.8 Å². The van der Waals surface area contributed by atoms with Gasteiger partial charge in [0.05, 0.1) is 6.54 Å². The van der Waals surface area contributed by atoms with Gasteiger partial charge in [0, 0.05) is 37.9 Å². The molecule has 1 N–H and O–H groups in total. The fourth-order valence-corrected chi connectivity index (χ4v) is 3.27. The summed E-state index contributed by atoms with van der Waals surface area (Å²) in [5.74, 6) is 0.118. The second-order valence-electron chi connectivity index (χ2n) is 7.02. The Morgan fingerprint density at radius 1 is 0.963 bits per heavy atom. The molecule has 1 aliphatic rings. The van der Waals surface area contributed by atoms with Crippen LogP contribution in [-0.4, -0.2) is 48.3 Å². The van der Waals surface area contributed by atoms with Gasteiger partial charge in [-0.15, -0.1) is 0 Å². The highest BCUT2D eigenvalue weighted by atomic mass is 16.2. The van der Waals surface area contributed by atoms with Gasteiger partial charge < -0.3 is 15.1 Å². The number of benzene rings is 2. The Morgan fingerprint density at radius 2 is 1.63 bits per heavy atom. The van der Waals surface area contributed by atoms with Crippen LogP contribution in [0.5, 0.6) is 0 Å². The van der Waals surface area contributed by atoms with Crippen LogP contribution in [0.2, 0.25) is 0 Å². The van der Waals surface area contributed by atoms with Gasteiger partial charge in [-0.1, -0.05) is 30.3 Å². The van der Waals surface area contributed by atoms with Crippen molar-refractivity contribution in [3.05, 3.63) is 65.7 Å². The average Bonchev–Trinajstić information content (AvgIpc) is 2.73. The van der Waals surface area contributed by atoms with E-state index in [9.17, 15) is 9.59 Å². The van der Waals surface area contributed by atoms with Crippen LogP contribution >= 0.6 is 0 Å². The summed E-state index contributed by atoms with van der Waals surface area (Å²) >= 11 is 0. The van der Waals surface area contributed by atoms with Crippen LogP contribution in [0.25, 0.3) is 0 Å². The first-order valence-electron chi connectivity index (χ1n) is 9.54. The Morgan fingerprint density at radius 3 is 2.30 bits per heavy atom. The molecule has 1 fully saturated rings. The lowest BCUT2D eigenvalue weighted by Gasteiger charge is -2.26. The van der Waals surface area contributed by atoms with Gasteiger partial charge in [-0.25, -0.2) is 0 Å². The summed E-state index contributed by atoms with van der Waals surface area (Å²) in [6.45, 7) is 2.51. The van der Waals surface area contributed by atoms with Crippen molar-refractivity contribution in [2.75, 3.05) is 32.0 Å². The number of nitrogens with one attached hydrogen (secondary N) is 1. The highest BCUT2D eigenvalue weighted by Crippen LogP contribution is 2.15. The molecule has 1 aliphatic heterocycles. The number of likely N-dealkylation sites (N-methyl/N-ethyl adjacent to an activating group) is 1. The van der Waals surface area contributed by atoms with Crippen LogP contribution in [-0.2, 0) is 11.3 Å². The van der Waals surface area contributed by atoms with Gasteiger partial charge in [0.25, 0.3) is 5.91 Å². The first kappa shape index (κ1) is 19.0. The van der Waals surface area contributed by atoms with Crippen LogP contribution in [0.4, 0.5) is 5.69 Å². The van der Waals surface area contributed by atoms with E-state index in [1.807, 2.05) is 59.5 Å². The molecule has 5 nitrogen and oxygen atoms in total. The highest BCUT2D eigenvalue weighted by molar-refractivity contribution is 5.94. The van der Waals surface area contributed by atoms with Gasteiger partial charge in [-0.3, -0.25) is 9.59 Å². The summed E-state index contributed by atoms with van der Waals surface area (Å²) in [4.78, 5) is 28.4. The van der Waals surface area contributed by atoms with Crippen molar-refractivity contribution in [3.63, 3.8) is 0 Å². The Hall–Kier alpha value is -2.82. The molecule has 1 saturated heterocycles. The number of amides is 2. The number of hydrogen-bond donors (Lipinski definition) is 1. The molecule has 5 heteroatoms. The summed E-state index contributed by atoms with van der Waals surface area (Å²) in [5, 5.41) is 3.14. The number of nitrogens with zero attached hydrogens (tertiary/aromatic N) is 2. The third kappa shape index (κ3) is 5.33. The summed E-state index contributed by atoms with van der Waals surface area (Å²) in [5.41, 5.74) is 2.65. The zero-order valence-electron chi connectivity index (χ0n) is 15.9. The Labute approximate surface area is 161 Å². The predicted octanol–water partition coefficient (Wildman–Crippen LogP) is 3.38. The molecule has 0 aromatic heterocycles. The van der Waals surface area contributed by atoms with Crippen LogP contribution in [0.15, 0.2) is 54.6 Å². The fraction of sp³-hybridized carbons (Fsp3) is 0.364. The third-order valence-electron chi connectivity index (χ3n) is 4.91. The van der Waals surface area contributed by atoms with E-state index in [0.717, 1.165) is 37.2 Å². The standard InChI is InChI=1S/C22H27N3O2/c1-24(17-18-8-4-2-5-9-18)21(26)16-23-20-12-10-19(11-13-20)22(27)25-14-6-3-7-15-25/h2,4-5,8-13,23H,3,6-7,14-17H2,1H3. The monoisotopic (exact) mass is 365 g/mol. The van der Waals surface area contributed by atoms with Gasteiger partial charge in [0.1, 0.15) is 0 Å². The maximum atomic E-state index is 12.5. The molecule has 0 radical (unpaired) electrons. The van der Waals surface area contributed by atoms with Crippen molar-refractivity contribution in [3.8, 4) is 0 Å². The second-order valence-corrected chi connectivity index (χ2v) is 7.02. The minimum Gasteiger partial charge on any atom is -0.376 e. The molecule has 2 aromatic rings.